The van der Waals surface area contributed by atoms with Gasteiger partial charge in [0.15, 0.2) is 0 Å². The highest BCUT2D eigenvalue weighted by Crippen LogP contribution is 2.20. The van der Waals surface area contributed by atoms with Crippen molar-refractivity contribution in [2.45, 2.75) is 25.3 Å². The van der Waals surface area contributed by atoms with Crippen LogP contribution in [0, 0.1) is 11.3 Å². The number of amides is 1. The van der Waals surface area contributed by atoms with Crippen LogP contribution in [0.2, 0.25) is 5.02 Å². The number of anilines is 1. The summed E-state index contributed by atoms with van der Waals surface area (Å²) >= 11 is 7.57. The van der Waals surface area contributed by atoms with Gasteiger partial charge in [0.05, 0.1) is 22.5 Å². The molecule has 0 radical (unpaired) electrons. The van der Waals surface area contributed by atoms with E-state index in [9.17, 15) is 4.79 Å². The third-order valence-corrected chi connectivity index (χ3v) is 4.57. The maximum Gasteiger partial charge on any atom is 0.244 e. The fourth-order valence-electron chi connectivity index (χ4n) is 2.19. The zero-order valence-electron chi connectivity index (χ0n) is 12.7. The van der Waals surface area contributed by atoms with Crippen molar-refractivity contribution in [3.8, 4) is 6.07 Å². The third kappa shape index (κ3) is 5.17. The lowest BCUT2D eigenvalue weighted by atomic mass is 10.1. The van der Waals surface area contributed by atoms with Crippen LogP contribution in [0.15, 0.2) is 29.8 Å². The Kier molecular flexibility index (Phi) is 6.78. The van der Waals surface area contributed by atoms with E-state index < -0.39 is 6.04 Å². The Morgan fingerprint density at radius 1 is 1.52 bits per heavy atom. The molecule has 1 amide bonds. The van der Waals surface area contributed by atoms with Crippen molar-refractivity contribution in [2.24, 2.45) is 5.73 Å². The lowest BCUT2D eigenvalue weighted by Crippen LogP contribution is -2.40. The average molecular weight is 351 g/mol. The molecule has 1 unspecified atom stereocenters. The molecule has 2 rings (SSSR count). The molecule has 5 nitrogen and oxygen atoms in total. The second-order valence-electron chi connectivity index (χ2n) is 5.22. The molecule has 1 aromatic rings. The van der Waals surface area contributed by atoms with Crippen LogP contribution in [0.5, 0.6) is 0 Å². The van der Waals surface area contributed by atoms with E-state index in [1.807, 2.05) is 17.5 Å². The van der Waals surface area contributed by atoms with Gasteiger partial charge in [0, 0.05) is 18.4 Å². The first-order valence-electron chi connectivity index (χ1n) is 7.39. The van der Waals surface area contributed by atoms with E-state index in [0.29, 0.717) is 22.9 Å². The molecule has 0 bridgehead atoms. The smallest absolute Gasteiger partial charge is 0.244 e. The molecule has 1 aliphatic rings. The second-order valence-corrected chi connectivity index (χ2v) is 6.50. The number of unbranched alkanes of at least 4 members (excludes halogenated alkanes) is 1. The van der Waals surface area contributed by atoms with Crippen molar-refractivity contribution in [3.05, 3.63) is 40.4 Å². The van der Waals surface area contributed by atoms with E-state index in [4.69, 9.17) is 22.6 Å². The minimum atomic E-state index is -0.442. The van der Waals surface area contributed by atoms with Crippen LogP contribution < -0.4 is 11.1 Å². The summed E-state index contributed by atoms with van der Waals surface area (Å²) in [6, 6.07) is 6.86. The molecule has 0 fully saturated rings. The predicted octanol–water partition coefficient (Wildman–Crippen LogP) is 3.13. The Morgan fingerprint density at radius 2 is 2.35 bits per heavy atom. The first-order valence-corrected chi connectivity index (χ1v) is 8.82. The molecule has 1 atom stereocenters. The van der Waals surface area contributed by atoms with Gasteiger partial charge in [-0.1, -0.05) is 11.6 Å². The van der Waals surface area contributed by atoms with Gasteiger partial charge in [0.2, 0.25) is 5.91 Å². The summed E-state index contributed by atoms with van der Waals surface area (Å²) in [5, 5.41) is 14.4. The number of nitrogens with one attached hydrogen (secondary N) is 1. The molecule has 23 heavy (non-hydrogen) atoms. The topological polar surface area (TPSA) is 82.1 Å². The van der Waals surface area contributed by atoms with Gasteiger partial charge in [-0.15, -0.1) is 11.8 Å². The van der Waals surface area contributed by atoms with Gasteiger partial charge in [0.25, 0.3) is 0 Å². The minimum absolute atomic E-state index is 0.0157. The number of nitriles is 1. The number of hydrogen-bond donors (Lipinski definition) is 2. The van der Waals surface area contributed by atoms with E-state index >= 15 is 0 Å². The van der Waals surface area contributed by atoms with Gasteiger partial charge in [-0.25, -0.2) is 0 Å². The van der Waals surface area contributed by atoms with Gasteiger partial charge in [-0.2, -0.15) is 5.26 Å². The van der Waals surface area contributed by atoms with Crippen molar-refractivity contribution >= 4 is 35.0 Å². The molecule has 1 aliphatic heterocycles. The number of benzene rings is 1. The Balaban J connectivity index is 1.65. The molecular weight excluding hydrogens is 332 g/mol. The molecule has 0 aromatic heterocycles. The van der Waals surface area contributed by atoms with Crippen LogP contribution in [0.25, 0.3) is 0 Å². The molecule has 1 aromatic carbocycles. The normalized spacial score (nSPS) is 14.6. The third-order valence-electron chi connectivity index (χ3n) is 3.51. The maximum absolute atomic E-state index is 12.0. The van der Waals surface area contributed by atoms with Gasteiger partial charge < -0.3 is 16.0 Å². The fourth-order valence-corrected chi connectivity index (χ4v) is 3.11. The van der Waals surface area contributed by atoms with E-state index in [0.717, 1.165) is 25.1 Å². The van der Waals surface area contributed by atoms with Crippen molar-refractivity contribution in [1.82, 2.24) is 4.90 Å². The molecule has 0 aliphatic carbocycles. The van der Waals surface area contributed by atoms with Crippen molar-refractivity contribution in [2.75, 3.05) is 17.7 Å². The monoisotopic (exact) mass is 350 g/mol. The lowest BCUT2D eigenvalue weighted by molar-refractivity contribution is -0.129. The highest BCUT2D eigenvalue weighted by molar-refractivity contribution is 8.02. The summed E-state index contributed by atoms with van der Waals surface area (Å²) in [5.41, 5.74) is 7.29. The first kappa shape index (κ1) is 17.7. The molecule has 0 spiro atoms. The summed E-state index contributed by atoms with van der Waals surface area (Å²) in [7, 11) is 0. The highest BCUT2D eigenvalue weighted by Gasteiger charge is 2.20. The van der Waals surface area contributed by atoms with E-state index in [2.05, 4.69) is 5.32 Å². The van der Waals surface area contributed by atoms with Crippen molar-refractivity contribution in [3.63, 3.8) is 0 Å². The van der Waals surface area contributed by atoms with Crippen molar-refractivity contribution < 1.29 is 4.79 Å². The fraction of sp³-hybridized carbons (Fsp3) is 0.375. The molecular formula is C16H19ClN4OS. The van der Waals surface area contributed by atoms with Crippen molar-refractivity contribution in [1.29, 1.82) is 5.26 Å². The zero-order valence-corrected chi connectivity index (χ0v) is 14.2. The Hall–Kier alpha value is -1.68. The largest absolute Gasteiger partial charge is 0.385 e. The standard InChI is InChI=1S/C16H19ClN4OS/c17-14-9-13(5-4-12(14)10-18)20-6-2-1-3-15(19)16(22)21-7-8-23-11-21/h4-5,7-9,15,20H,1-3,6,11,19H2. The van der Waals surface area contributed by atoms with Crippen LogP contribution in [-0.4, -0.2) is 29.3 Å². The number of hydrogen-bond acceptors (Lipinski definition) is 5. The minimum Gasteiger partial charge on any atom is -0.385 e. The van der Waals surface area contributed by atoms with Gasteiger partial charge >= 0.3 is 0 Å². The van der Waals surface area contributed by atoms with Crippen LogP contribution in [-0.2, 0) is 4.79 Å². The molecule has 0 saturated carbocycles. The van der Waals surface area contributed by atoms with Crippen LogP contribution >= 0.6 is 23.4 Å². The Labute approximate surface area is 145 Å². The number of thioether (sulfide) groups is 1. The van der Waals surface area contributed by atoms with Gasteiger partial charge in [0.1, 0.15) is 6.07 Å². The molecule has 7 heteroatoms. The summed E-state index contributed by atoms with van der Waals surface area (Å²) in [4.78, 5) is 13.7. The van der Waals surface area contributed by atoms with Gasteiger partial charge in [-0.3, -0.25) is 4.79 Å². The van der Waals surface area contributed by atoms with Crippen LogP contribution in [0.3, 0.4) is 0 Å². The first-order chi connectivity index (χ1) is 11.1. The summed E-state index contributed by atoms with van der Waals surface area (Å²) in [6.45, 7) is 0.766. The Morgan fingerprint density at radius 3 is 3.00 bits per heavy atom. The quantitative estimate of drug-likeness (QED) is 0.738. The molecule has 3 N–H and O–H groups in total. The summed E-state index contributed by atoms with van der Waals surface area (Å²) < 4.78 is 0. The number of halogens is 1. The SMILES string of the molecule is N#Cc1ccc(NCCCCC(N)C(=O)N2C=CSC2)cc1Cl. The molecule has 0 saturated heterocycles. The lowest BCUT2D eigenvalue weighted by Gasteiger charge is -2.18. The molecule has 1 heterocycles. The number of nitrogens with zero attached hydrogens (tertiary/aromatic N) is 2. The van der Waals surface area contributed by atoms with Gasteiger partial charge in [-0.05, 0) is 42.9 Å². The van der Waals surface area contributed by atoms with Crippen LogP contribution in [0.1, 0.15) is 24.8 Å². The average Bonchev–Trinajstić information content (AvgIpc) is 3.08. The highest BCUT2D eigenvalue weighted by atomic mass is 35.5. The zero-order chi connectivity index (χ0) is 16.7. The number of carbonyl (C=O) groups excluding carboxylic acids is 1. The number of nitrogens with two attached hydrogens (primary N) is 1. The van der Waals surface area contributed by atoms with E-state index in [-0.39, 0.29) is 5.91 Å². The second kappa shape index (κ2) is 8.82. The number of carbonyl (C=O) groups is 1. The summed E-state index contributed by atoms with van der Waals surface area (Å²) in [6.07, 6.45) is 4.23. The predicted molar refractivity (Wildman–Crippen MR) is 94.9 cm³/mol. The van der Waals surface area contributed by atoms with E-state index in [1.165, 1.54) is 0 Å². The number of rotatable bonds is 7. The van der Waals surface area contributed by atoms with Crippen LogP contribution in [0.4, 0.5) is 5.69 Å². The maximum atomic E-state index is 12.0. The Bertz CT molecular complexity index is 629. The van der Waals surface area contributed by atoms with E-state index in [1.54, 1.807) is 35.0 Å². The molecule has 122 valence electrons. The summed E-state index contributed by atoms with van der Waals surface area (Å²) in [5.74, 6) is 0.645.